The molecule has 3 rings (SSSR count). The number of carboxylic acid groups (broad SMARTS) is 1. The second-order valence-corrected chi connectivity index (χ2v) is 7.81. The molecule has 0 aliphatic heterocycles. The van der Waals surface area contributed by atoms with E-state index in [-0.39, 0.29) is 18.8 Å². The fourth-order valence-electron chi connectivity index (χ4n) is 3.76. The van der Waals surface area contributed by atoms with E-state index in [1.807, 2.05) is 36.4 Å². The van der Waals surface area contributed by atoms with Crippen LogP contribution in [0.5, 0.6) is 0 Å². The molecular formula is C26H25F3O3. The normalized spacial score (nSPS) is 19.1. The van der Waals surface area contributed by atoms with Crippen LogP contribution in [0.4, 0.5) is 13.2 Å². The van der Waals surface area contributed by atoms with E-state index in [9.17, 15) is 18.0 Å². The summed E-state index contributed by atoms with van der Waals surface area (Å²) in [5.74, 6) is 3.98. The minimum atomic E-state index is -4.22. The Hall–Kier alpha value is -3.20. The maximum Gasteiger partial charge on any atom is 0.395 e. The van der Waals surface area contributed by atoms with Gasteiger partial charge in [-0.3, -0.25) is 4.79 Å². The van der Waals surface area contributed by atoms with Crippen molar-refractivity contribution in [2.45, 2.75) is 45.4 Å². The van der Waals surface area contributed by atoms with E-state index in [1.54, 1.807) is 13.0 Å². The highest BCUT2D eigenvalue weighted by atomic mass is 19.4. The molecule has 3 nitrogen and oxygen atoms in total. The average Bonchev–Trinajstić information content (AvgIpc) is 2.77. The van der Waals surface area contributed by atoms with Crippen molar-refractivity contribution in [2.75, 3.05) is 0 Å². The molecule has 0 fully saturated rings. The summed E-state index contributed by atoms with van der Waals surface area (Å²) in [6.45, 7) is 2.04. The van der Waals surface area contributed by atoms with Gasteiger partial charge < -0.3 is 9.84 Å². The lowest BCUT2D eigenvalue weighted by molar-refractivity contribution is -0.160. The molecule has 1 unspecified atom stereocenters. The van der Waals surface area contributed by atoms with Crippen LogP contribution in [0.3, 0.4) is 0 Å². The Kier molecular flexibility index (Phi) is 7.63. The van der Waals surface area contributed by atoms with Gasteiger partial charge in [-0.2, -0.15) is 13.2 Å². The highest BCUT2D eigenvalue weighted by molar-refractivity contribution is 5.75. The minimum absolute atomic E-state index is 0.0164. The number of allylic oxidation sites excluding steroid dienone is 8. The highest BCUT2D eigenvalue weighted by Crippen LogP contribution is 2.35. The Morgan fingerprint density at radius 2 is 2.09 bits per heavy atom. The first-order valence-corrected chi connectivity index (χ1v) is 10.5. The molecule has 1 aromatic rings. The van der Waals surface area contributed by atoms with Crippen molar-refractivity contribution >= 4 is 11.5 Å². The Morgan fingerprint density at radius 1 is 1.28 bits per heavy atom. The minimum Gasteiger partial charge on any atom is -0.493 e. The zero-order valence-electron chi connectivity index (χ0n) is 17.8. The van der Waals surface area contributed by atoms with Crippen LogP contribution in [-0.2, 0) is 16.1 Å². The van der Waals surface area contributed by atoms with E-state index >= 15 is 0 Å². The second kappa shape index (κ2) is 10.4. The van der Waals surface area contributed by atoms with Gasteiger partial charge in [0.1, 0.15) is 6.61 Å². The van der Waals surface area contributed by atoms with Crippen LogP contribution in [0.2, 0.25) is 0 Å². The fourth-order valence-corrected chi connectivity index (χ4v) is 3.76. The Bertz CT molecular complexity index is 1030. The molecule has 0 amide bonds. The molecule has 0 bridgehead atoms. The Balaban J connectivity index is 1.61. The summed E-state index contributed by atoms with van der Waals surface area (Å²) in [6, 6.07) is 7.58. The fraction of sp³-hybridized carbons (Fsp3) is 0.346. The summed E-state index contributed by atoms with van der Waals surface area (Å²) >= 11 is 0. The first-order chi connectivity index (χ1) is 15.3. The van der Waals surface area contributed by atoms with Crippen LogP contribution < -0.4 is 0 Å². The third-order valence-corrected chi connectivity index (χ3v) is 5.49. The molecule has 0 saturated heterocycles. The molecule has 1 N–H and O–H groups in total. The SMILES string of the molecule is CC#C[C@@H](CC(=O)O)C1=CC=C(OCc2cccc(C3=CCC(C(F)(F)F)C=C3)c2)CC1. The largest absolute Gasteiger partial charge is 0.493 e. The van der Waals surface area contributed by atoms with E-state index in [1.165, 1.54) is 12.2 Å². The van der Waals surface area contributed by atoms with Crippen molar-refractivity contribution in [3.63, 3.8) is 0 Å². The molecule has 1 aromatic carbocycles. The first kappa shape index (κ1) is 23.5. The van der Waals surface area contributed by atoms with E-state index in [4.69, 9.17) is 9.84 Å². The molecule has 32 heavy (non-hydrogen) atoms. The van der Waals surface area contributed by atoms with Crippen LogP contribution in [0, 0.1) is 23.7 Å². The molecule has 0 radical (unpaired) electrons. The van der Waals surface area contributed by atoms with Crippen LogP contribution in [0.15, 0.2) is 66.0 Å². The van der Waals surface area contributed by atoms with Crippen molar-refractivity contribution in [1.82, 2.24) is 0 Å². The summed E-state index contributed by atoms with van der Waals surface area (Å²) in [4.78, 5) is 11.1. The van der Waals surface area contributed by atoms with Gasteiger partial charge in [0.15, 0.2) is 0 Å². The molecule has 0 saturated carbocycles. The van der Waals surface area contributed by atoms with Crippen molar-refractivity contribution in [2.24, 2.45) is 11.8 Å². The predicted molar refractivity (Wildman–Crippen MR) is 117 cm³/mol. The van der Waals surface area contributed by atoms with Gasteiger partial charge in [0, 0.05) is 6.42 Å². The van der Waals surface area contributed by atoms with E-state index in [0.717, 1.165) is 28.0 Å². The topological polar surface area (TPSA) is 46.5 Å². The summed E-state index contributed by atoms with van der Waals surface area (Å²) in [5.41, 5.74) is 3.55. The van der Waals surface area contributed by atoms with E-state index in [2.05, 4.69) is 11.8 Å². The van der Waals surface area contributed by atoms with Crippen LogP contribution in [-0.4, -0.2) is 17.3 Å². The van der Waals surface area contributed by atoms with Crippen molar-refractivity contribution in [1.29, 1.82) is 0 Å². The third-order valence-electron chi connectivity index (χ3n) is 5.49. The van der Waals surface area contributed by atoms with Crippen LogP contribution in [0.1, 0.15) is 43.7 Å². The second-order valence-electron chi connectivity index (χ2n) is 7.81. The molecule has 0 spiro atoms. The number of hydrogen-bond acceptors (Lipinski definition) is 2. The summed E-state index contributed by atoms with van der Waals surface area (Å²) < 4.78 is 44.4. The van der Waals surface area contributed by atoms with Gasteiger partial charge in [-0.1, -0.05) is 54.0 Å². The maximum absolute atomic E-state index is 12.8. The number of ether oxygens (including phenoxy) is 1. The lowest BCUT2D eigenvalue weighted by Crippen LogP contribution is -2.21. The van der Waals surface area contributed by atoms with Crippen molar-refractivity contribution in [3.05, 3.63) is 77.1 Å². The maximum atomic E-state index is 12.8. The number of rotatable bonds is 7. The smallest absolute Gasteiger partial charge is 0.395 e. The first-order valence-electron chi connectivity index (χ1n) is 10.5. The Morgan fingerprint density at radius 3 is 2.69 bits per heavy atom. The van der Waals surface area contributed by atoms with Crippen molar-refractivity contribution < 1.29 is 27.8 Å². The van der Waals surface area contributed by atoms with Crippen LogP contribution >= 0.6 is 0 Å². The number of carbonyl (C=O) groups is 1. The predicted octanol–water partition coefficient (Wildman–Crippen LogP) is 6.44. The van der Waals surface area contributed by atoms with Gasteiger partial charge in [0.05, 0.1) is 24.0 Å². The number of aliphatic carboxylic acids is 1. The highest BCUT2D eigenvalue weighted by Gasteiger charge is 2.37. The van der Waals surface area contributed by atoms with Gasteiger partial charge in [0.25, 0.3) is 0 Å². The van der Waals surface area contributed by atoms with Gasteiger partial charge in [-0.15, -0.1) is 5.92 Å². The summed E-state index contributed by atoms with van der Waals surface area (Å²) in [6.07, 6.45) is 5.20. The van der Waals surface area contributed by atoms with Gasteiger partial charge in [-0.25, -0.2) is 0 Å². The molecule has 2 aliphatic rings. The molecule has 6 heteroatoms. The number of benzene rings is 1. The lowest BCUT2D eigenvalue weighted by atomic mass is 9.89. The number of hydrogen-bond donors (Lipinski definition) is 1. The van der Waals surface area contributed by atoms with Gasteiger partial charge in [0.2, 0.25) is 0 Å². The van der Waals surface area contributed by atoms with E-state index < -0.39 is 18.1 Å². The monoisotopic (exact) mass is 442 g/mol. The van der Waals surface area contributed by atoms with Crippen molar-refractivity contribution in [3.8, 4) is 11.8 Å². The summed E-state index contributed by atoms with van der Waals surface area (Å²) in [7, 11) is 0. The molecule has 2 atom stereocenters. The molecular weight excluding hydrogens is 417 g/mol. The number of halogens is 3. The summed E-state index contributed by atoms with van der Waals surface area (Å²) in [5, 5.41) is 9.08. The molecule has 2 aliphatic carbocycles. The van der Waals surface area contributed by atoms with Gasteiger partial charge >= 0.3 is 12.1 Å². The zero-order chi connectivity index (χ0) is 23.1. The van der Waals surface area contributed by atoms with E-state index in [0.29, 0.717) is 19.4 Å². The Labute approximate surface area is 186 Å². The number of carboxylic acids is 1. The van der Waals surface area contributed by atoms with Gasteiger partial charge in [-0.05, 0) is 48.6 Å². The lowest BCUT2D eigenvalue weighted by Gasteiger charge is -2.20. The van der Waals surface area contributed by atoms with Crippen LogP contribution in [0.25, 0.3) is 5.57 Å². The zero-order valence-corrected chi connectivity index (χ0v) is 17.8. The average molecular weight is 442 g/mol. The quantitative estimate of drug-likeness (QED) is 0.494. The molecule has 168 valence electrons. The third kappa shape index (κ3) is 6.40. The molecule has 0 aromatic heterocycles. The number of alkyl halides is 3. The molecule has 0 heterocycles. The standard InChI is InChI=1S/C26H25F3O3/c1-2-4-21(16-25(30)31)20-9-13-24(14-10-20)32-17-18-5-3-6-22(15-18)19-7-11-23(12-8-19)26(27,28)29/h3,5-9,11,13,15,21,23H,10,12,14,16-17H2,1H3,(H,30,31)/t21-,23?/m0/s1.